The van der Waals surface area contributed by atoms with Crippen LogP contribution in [0.5, 0.6) is 11.5 Å². The zero-order valence-corrected chi connectivity index (χ0v) is 36.0. The number of fused-ring (bicyclic) bond motifs is 5. The standard InChI is InChI=1S/C58H46BNO2/c1-35-29-37(3)57(38(4)30-35)59(58-39(5)31-36(2)32-40(58)6)50-28-27-48-47-26-24-43(34-55(47)62-53-22-14-19-49(50)56(48)53)60(51-20-12-10-17-44(51)41-15-8-7-9-16-41)42-23-25-46-45-18-11-13-21-52(45)61-54(46)33-42/h7-34H,1-6H3. The van der Waals surface area contributed by atoms with E-state index >= 15 is 0 Å². The summed E-state index contributed by atoms with van der Waals surface area (Å²) in [4.78, 5) is 2.33. The maximum Gasteiger partial charge on any atom is 0.243 e. The molecule has 0 aliphatic carbocycles. The van der Waals surface area contributed by atoms with E-state index in [9.17, 15) is 0 Å². The summed E-state index contributed by atoms with van der Waals surface area (Å²) in [6.07, 6.45) is 0. The van der Waals surface area contributed by atoms with Gasteiger partial charge in [0.25, 0.3) is 0 Å². The molecule has 0 bridgehead atoms. The molecule has 0 N–H and O–H groups in total. The molecule has 10 aromatic rings. The maximum absolute atomic E-state index is 7.06. The Bertz CT molecular complexity index is 3310. The van der Waals surface area contributed by atoms with Crippen LogP contribution >= 0.6 is 0 Å². The Hall–Kier alpha value is -7.30. The molecule has 0 unspecified atom stereocenters. The molecule has 0 radical (unpaired) electrons. The van der Waals surface area contributed by atoms with Crippen molar-refractivity contribution in [3.63, 3.8) is 0 Å². The summed E-state index contributed by atoms with van der Waals surface area (Å²) in [5, 5.41) is 4.59. The maximum atomic E-state index is 7.06. The Kier molecular flexibility index (Phi) is 8.94. The number of nitrogens with zero attached hydrogens (tertiary/aromatic N) is 1. The number of para-hydroxylation sites is 2. The van der Waals surface area contributed by atoms with Crippen molar-refractivity contribution < 1.29 is 9.15 Å². The van der Waals surface area contributed by atoms with E-state index < -0.39 is 0 Å². The highest BCUT2D eigenvalue weighted by atomic mass is 16.5. The van der Waals surface area contributed by atoms with Gasteiger partial charge in [-0.05, 0) is 101 Å². The number of furan rings is 1. The fraction of sp³-hybridized carbons (Fsp3) is 0.103. The van der Waals surface area contributed by atoms with Gasteiger partial charge in [0.1, 0.15) is 22.7 Å². The molecule has 1 aliphatic rings. The van der Waals surface area contributed by atoms with Crippen LogP contribution in [0.4, 0.5) is 17.1 Å². The highest BCUT2D eigenvalue weighted by molar-refractivity contribution is 6.98. The number of aryl methyl sites for hydroxylation is 6. The van der Waals surface area contributed by atoms with Gasteiger partial charge in [0, 0.05) is 50.8 Å². The molecular weight excluding hydrogens is 753 g/mol. The molecule has 0 saturated heterocycles. The minimum atomic E-state index is 0.0478. The topological polar surface area (TPSA) is 25.6 Å². The second kappa shape index (κ2) is 14.7. The monoisotopic (exact) mass is 799 g/mol. The van der Waals surface area contributed by atoms with E-state index in [2.05, 4.69) is 204 Å². The summed E-state index contributed by atoms with van der Waals surface area (Å²) < 4.78 is 13.5. The Morgan fingerprint density at radius 3 is 1.76 bits per heavy atom. The Morgan fingerprint density at radius 1 is 0.419 bits per heavy atom. The molecule has 1 aromatic heterocycles. The number of ether oxygens (including phenoxy) is 1. The van der Waals surface area contributed by atoms with E-state index in [0.29, 0.717) is 0 Å². The van der Waals surface area contributed by atoms with Crippen LogP contribution in [0.25, 0.3) is 55.0 Å². The van der Waals surface area contributed by atoms with Gasteiger partial charge in [0.05, 0.1) is 5.69 Å². The van der Waals surface area contributed by atoms with Crippen molar-refractivity contribution in [1.29, 1.82) is 0 Å². The smallest absolute Gasteiger partial charge is 0.243 e. The van der Waals surface area contributed by atoms with Crippen LogP contribution in [0.15, 0.2) is 174 Å². The van der Waals surface area contributed by atoms with Crippen LogP contribution in [0.2, 0.25) is 0 Å². The molecule has 0 fully saturated rings. The van der Waals surface area contributed by atoms with Gasteiger partial charge in [-0.1, -0.05) is 165 Å². The first-order valence-corrected chi connectivity index (χ1v) is 21.6. The van der Waals surface area contributed by atoms with Crippen LogP contribution in [0, 0.1) is 41.5 Å². The van der Waals surface area contributed by atoms with Crippen LogP contribution < -0.4 is 26.0 Å². The quantitative estimate of drug-likeness (QED) is 0.150. The summed E-state index contributed by atoms with van der Waals surface area (Å²) in [6.45, 7) is 13.6. The third kappa shape index (κ3) is 6.12. The first-order valence-electron chi connectivity index (χ1n) is 21.6. The average Bonchev–Trinajstić information content (AvgIpc) is 3.64. The molecular formula is C58H46BNO2. The lowest BCUT2D eigenvalue weighted by Crippen LogP contribution is -2.56. The van der Waals surface area contributed by atoms with Crippen molar-refractivity contribution in [2.75, 3.05) is 4.90 Å². The third-order valence-corrected chi connectivity index (χ3v) is 13.0. The van der Waals surface area contributed by atoms with Gasteiger partial charge in [-0.3, -0.25) is 0 Å². The lowest BCUT2D eigenvalue weighted by molar-refractivity contribution is 0.487. The summed E-state index contributed by atoms with van der Waals surface area (Å²) in [7, 11) is 0. The normalized spacial score (nSPS) is 11.8. The van der Waals surface area contributed by atoms with Gasteiger partial charge in [-0.15, -0.1) is 0 Å². The lowest BCUT2D eigenvalue weighted by Gasteiger charge is -2.30. The van der Waals surface area contributed by atoms with E-state index in [1.54, 1.807) is 0 Å². The Morgan fingerprint density at radius 2 is 1.02 bits per heavy atom. The molecule has 0 amide bonds. The van der Waals surface area contributed by atoms with Crippen molar-refractivity contribution >= 4 is 72.9 Å². The number of benzene rings is 9. The van der Waals surface area contributed by atoms with Crippen molar-refractivity contribution in [2.24, 2.45) is 0 Å². The van der Waals surface area contributed by atoms with E-state index in [1.807, 2.05) is 12.1 Å². The SMILES string of the molecule is Cc1cc(C)c(B(c2c(C)cc(C)cc2C)c2ccc3c4c(cccc24)Oc2cc(N(c4ccc5c(c4)oc4ccccc45)c4ccccc4-c4ccccc4)ccc2-3)c(C)c1. The molecule has 4 heteroatoms. The summed E-state index contributed by atoms with van der Waals surface area (Å²) >= 11 is 0. The van der Waals surface area contributed by atoms with Crippen molar-refractivity contribution in [3.05, 3.63) is 203 Å². The average molecular weight is 800 g/mol. The molecule has 62 heavy (non-hydrogen) atoms. The van der Waals surface area contributed by atoms with Crippen molar-refractivity contribution in [3.8, 4) is 33.8 Å². The van der Waals surface area contributed by atoms with Crippen LogP contribution in [-0.4, -0.2) is 6.71 Å². The van der Waals surface area contributed by atoms with Crippen LogP contribution in [-0.2, 0) is 0 Å². The number of hydrogen-bond acceptors (Lipinski definition) is 3. The van der Waals surface area contributed by atoms with E-state index in [0.717, 1.165) is 72.6 Å². The van der Waals surface area contributed by atoms with E-state index in [1.165, 1.54) is 60.7 Å². The first-order chi connectivity index (χ1) is 30.2. The number of anilines is 3. The largest absolute Gasteiger partial charge is 0.456 e. The van der Waals surface area contributed by atoms with Crippen molar-refractivity contribution in [2.45, 2.75) is 41.5 Å². The minimum Gasteiger partial charge on any atom is -0.456 e. The van der Waals surface area contributed by atoms with E-state index in [4.69, 9.17) is 9.15 Å². The first kappa shape index (κ1) is 37.7. The number of rotatable bonds is 7. The van der Waals surface area contributed by atoms with Gasteiger partial charge in [0.15, 0.2) is 0 Å². The predicted octanol–water partition coefficient (Wildman–Crippen LogP) is 14.0. The molecule has 1 aliphatic heterocycles. The lowest BCUT2D eigenvalue weighted by atomic mass is 9.33. The molecule has 2 heterocycles. The van der Waals surface area contributed by atoms with E-state index in [-0.39, 0.29) is 6.71 Å². The minimum absolute atomic E-state index is 0.0478. The van der Waals surface area contributed by atoms with Crippen LogP contribution in [0.3, 0.4) is 0 Å². The van der Waals surface area contributed by atoms with Gasteiger partial charge in [0.2, 0.25) is 6.71 Å². The molecule has 298 valence electrons. The second-order valence-corrected chi connectivity index (χ2v) is 17.2. The molecule has 11 rings (SSSR count). The van der Waals surface area contributed by atoms with Gasteiger partial charge < -0.3 is 14.1 Å². The summed E-state index contributed by atoms with van der Waals surface area (Å²) in [6, 6.07) is 61.4. The van der Waals surface area contributed by atoms with Crippen LogP contribution in [0.1, 0.15) is 33.4 Å². The predicted molar refractivity (Wildman–Crippen MR) is 263 cm³/mol. The zero-order chi connectivity index (χ0) is 42.2. The molecule has 9 aromatic carbocycles. The van der Waals surface area contributed by atoms with Crippen molar-refractivity contribution in [1.82, 2.24) is 0 Å². The highest BCUT2D eigenvalue weighted by Crippen LogP contribution is 2.50. The summed E-state index contributed by atoms with van der Waals surface area (Å²) in [5.41, 5.74) is 21.2. The zero-order valence-electron chi connectivity index (χ0n) is 36.0. The van der Waals surface area contributed by atoms with Gasteiger partial charge in [-0.2, -0.15) is 0 Å². The van der Waals surface area contributed by atoms with Gasteiger partial charge in [-0.25, -0.2) is 0 Å². The Balaban J connectivity index is 1.09. The molecule has 3 nitrogen and oxygen atoms in total. The Labute approximate surface area is 363 Å². The number of hydrogen-bond donors (Lipinski definition) is 0. The third-order valence-electron chi connectivity index (χ3n) is 13.0. The fourth-order valence-electron chi connectivity index (χ4n) is 10.6. The summed E-state index contributed by atoms with van der Waals surface area (Å²) in [5.74, 6) is 1.70. The highest BCUT2D eigenvalue weighted by Gasteiger charge is 2.32. The van der Waals surface area contributed by atoms with Gasteiger partial charge >= 0.3 is 0 Å². The fourth-order valence-corrected chi connectivity index (χ4v) is 10.6. The second-order valence-electron chi connectivity index (χ2n) is 17.2. The molecule has 0 atom stereocenters. The molecule has 0 saturated carbocycles. The molecule has 0 spiro atoms.